The Bertz CT molecular complexity index is 387. The zero-order valence-electron chi connectivity index (χ0n) is 10.7. The summed E-state index contributed by atoms with van der Waals surface area (Å²) in [5, 5.41) is 12.4. The predicted molar refractivity (Wildman–Crippen MR) is 69.3 cm³/mol. The molecular weight excluding hydrogens is 216 g/mol. The summed E-state index contributed by atoms with van der Waals surface area (Å²) in [5.41, 5.74) is 1.81. The van der Waals surface area contributed by atoms with Gasteiger partial charge in [0.1, 0.15) is 5.75 Å². The average molecular weight is 236 g/mol. The Morgan fingerprint density at radius 1 is 1.35 bits per heavy atom. The number of amides is 1. The van der Waals surface area contributed by atoms with Crippen LogP contribution in [0.5, 0.6) is 5.75 Å². The molecule has 1 amide bonds. The molecule has 2 N–H and O–H groups in total. The third kappa shape index (κ3) is 3.66. The minimum atomic E-state index is 0.0674. The standard InChI is InChI=1S/C13H20N2O2/c1-4-15(5-2)13(17)9-14-12-8-11(16)7-6-10(12)3/h6-8,14,16H,4-5,9H2,1-3H3. The highest BCUT2D eigenvalue weighted by atomic mass is 16.3. The second kappa shape index (κ2) is 6.13. The maximum absolute atomic E-state index is 11.8. The molecule has 0 fully saturated rings. The summed E-state index contributed by atoms with van der Waals surface area (Å²) in [6, 6.07) is 5.08. The van der Waals surface area contributed by atoms with Crippen LogP contribution in [0.1, 0.15) is 19.4 Å². The number of rotatable bonds is 5. The lowest BCUT2D eigenvalue weighted by Gasteiger charge is -2.19. The quantitative estimate of drug-likeness (QED) is 0.822. The zero-order valence-corrected chi connectivity index (χ0v) is 10.7. The maximum Gasteiger partial charge on any atom is 0.241 e. The van der Waals surface area contributed by atoms with Crippen LogP contribution in [0.15, 0.2) is 18.2 Å². The number of carbonyl (C=O) groups is 1. The van der Waals surface area contributed by atoms with Crippen molar-refractivity contribution in [2.24, 2.45) is 0 Å². The fraction of sp³-hybridized carbons (Fsp3) is 0.462. The van der Waals surface area contributed by atoms with Crippen LogP contribution in [0.4, 0.5) is 5.69 Å². The van der Waals surface area contributed by atoms with E-state index in [1.165, 1.54) is 0 Å². The molecule has 1 aromatic carbocycles. The van der Waals surface area contributed by atoms with Gasteiger partial charge in [0.2, 0.25) is 5.91 Å². The second-order valence-electron chi connectivity index (χ2n) is 3.92. The Balaban J connectivity index is 2.61. The van der Waals surface area contributed by atoms with Gasteiger partial charge in [0.15, 0.2) is 0 Å². The first-order valence-corrected chi connectivity index (χ1v) is 5.89. The van der Waals surface area contributed by atoms with Crippen molar-refractivity contribution in [2.45, 2.75) is 20.8 Å². The summed E-state index contributed by atoms with van der Waals surface area (Å²) in [6.07, 6.45) is 0. The van der Waals surface area contributed by atoms with Gasteiger partial charge in [-0.3, -0.25) is 4.79 Å². The number of hydrogen-bond donors (Lipinski definition) is 2. The molecule has 0 aliphatic rings. The van der Waals surface area contributed by atoms with Crippen LogP contribution in [0.25, 0.3) is 0 Å². The molecular formula is C13H20N2O2. The van der Waals surface area contributed by atoms with E-state index in [1.807, 2.05) is 26.8 Å². The van der Waals surface area contributed by atoms with Gasteiger partial charge in [-0.15, -0.1) is 0 Å². The average Bonchev–Trinajstić information content (AvgIpc) is 2.32. The van der Waals surface area contributed by atoms with Gasteiger partial charge in [-0.2, -0.15) is 0 Å². The maximum atomic E-state index is 11.8. The molecule has 0 saturated heterocycles. The molecule has 0 aliphatic heterocycles. The minimum absolute atomic E-state index is 0.0674. The van der Waals surface area contributed by atoms with Crippen LogP contribution in [0.2, 0.25) is 0 Å². The van der Waals surface area contributed by atoms with Crippen LogP contribution in [0, 0.1) is 6.92 Å². The predicted octanol–water partition coefficient (Wildman–Crippen LogP) is 1.98. The Hall–Kier alpha value is -1.71. The highest BCUT2D eigenvalue weighted by Crippen LogP contribution is 2.20. The molecule has 94 valence electrons. The minimum Gasteiger partial charge on any atom is -0.508 e. The van der Waals surface area contributed by atoms with Crippen molar-refractivity contribution in [3.8, 4) is 5.75 Å². The third-order valence-corrected chi connectivity index (χ3v) is 2.77. The van der Waals surface area contributed by atoms with Gasteiger partial charge in [-0.25, -0.2) is 0 Å². The second-order valence-corrected chi connectivity index (χ2v) is 3.92. The topological polar surface area (TPSA) is 52.6 Å². The van der Waals surface area contributed by atoms with Gasteiger partial charge in [-0.1, -0.05) is 6.07 Å². The van der Waals surface area contributed by atoms with E-state index in [2.05, 4.69) is 5.32 Å². The first kappa shape index (κ1) is 13.4. The van der Waals surface area contributed by atoms with E-state index in [0.29, 0.717) is 0 Å². The van der Waals surface area contributed by atoms with Crippen LogP contribution in [0.3, 0.4) is 0 Å². The molecule has 0 aliphatic carbocycles. The summed E-state index contributed by atoms with van der Waals surface area (Å²) in [7, 11) is 0. The fourth-order valence-electron chi connectivity index (χ4n) is 1.66. The third-order valence-electron chi connectivity index (χ3n) is 2.77. The number of aryl methyl sites for hydroxylation is 1. The van der Waals surface area contributed by atoms with E-state index in [4.69, 9.17) is 0 Å². The molecule has 17 heavy (non-hydrogen) atoms. The largest absolute Gasteiger partial charge is 0.508 e. The molecule has 0 radical (unpaired) electrons. The van der Waals surface area contributed by atoms with Crippen LogP contribution in [-0.4, -0.2) is 35.5 Å². The number of likely N-dealkylation sites (N-methyl/N-ethyl adjacent to an activating group) is 1. The zero-order chi connectivity index (χ0) is 12.8. The number of anilines is 1. The van der Waals surface area contributed by atoms with Gasteiger partial charge in [0.25, 0.3) is 0 Å². The molecule has 1 rings (SSSR count). The Morgan fingerprint density at radius 2 is 2.00 bits per heavy atom. The van der Waals surface area contributed by atoms with E-state index in [9.17, 15) is 9.90 Å². The molecule has 4 heteroatoms. The molecule has 0 bridgehead atoms. The molecule has 0 heterocycles. The number of carbonyl (C=O) groups excluding carboxylic acids is 1. The lowest BCUT2D eigenvalue weighted by atomic mass is 10.2. The Labute approximate surface area is 102 Å². The number of phenols is 1. The monoisotopic (exact) mass is 236 g/mol. The molecule has 1 aromatic rings. The van der Waals surface area contributed by atoms with Crippen molar-refractivity contribution in [2.75, 3.05) is 25.0 Å². The van der Waals surface area contributed by atoms with Crippen LogP contribution < -0.4 is 5.32 Å². The highest BCUT2D eigenvalue weighted by molar-refractivity contribution is 5.81. The lowest BCUT2D eigenvalue weighted by Crippen LogP contribution is -2.35. The van der Waals surface area contributed by atoms with E-state index in [0.717, 1.165) is 24.3 Å². The van der Waals surface area contributed by atoms with Gasteiger partial charge in [0, 0.05) is 24.8 Å². The number of nitrogens with zero attached hydrogens (tertiary/aromatic N) is 1. The molecule has 0 spiro atoms. The molecule has 0 saturated carbocycles. The van der Waals surface area contributed by atoms with E-state index in [1.54, 1.807) is 17.0 Å². The summed E-state index contributed by atoms with van der Waals surface area (Å²) >= 11 is 0. The smallest absolute Gasteiger partial charge is 0.241 e. The molecule has 0 unspecified atom stereocenters. The number of phenolic OH excluding ortho intramolecular Hbond substituents is 1. The SMILES string of the molecule is CCN(CC)C(=O)CNc1cc(O)ccc1C. The van der Waals surface area contributed by atoms with E-state index in [-0.39, 0.29) is 18.2 Å². The number of aromatic hydroxyl groups is 1. The van der Waals surface area contributed by atoms with Crippen molar-refractivity contribution in [3.05, 3.63) is 23.8 Å². The molecule has 4 nitrogen and oxygen atoms in total. The van der Waals surface area contributed by atoms with E-state index < -0.39 is 0 Å². The highest BCUT2D eigenvalue weighted by Gasteiger charge is 2.09. The van der Waals surface area contributed by atoms with Gasteiger partial charge in [-0.05, 0) is 32.4 Å². The van der Waals surface area contributed by atoms with Crippen molar-refractivity contribution < 1.29 is 9.90 Å². The first-order chi connectivity index (χ1) is 8.08. The number of hydrogen-bond acceptors (Lipinski definition) is 3. The first-order valence-electron chi connectivity index (χ1n) is 5.89. The Morgan fingerprint density at radius 3 is 2.59 bits per heavy atom. The van der Waals surface area contributed by atoms with Crippen molar-refractivity contribution in [1.29, 1.82) is 0 Å². The van der Waals surface area contributed by atoms with Gasteiger partial charge in [0.05, 0.1) is 6.54 Å². The van der Waals surface area contributed by atoms with Crippen LogP contribution >= 0.6 is 0 Å². The number of nitrogens with one attached hydrogen (secondary N) is 1. The van der Waals surface area contributed by atoms with Gasteiger partial charge < -0.3 is 15.3 Å². The molecule has 0 aromatic heterocycles. The molecule has 0 atom stereocenters. The number of benzene rings is 1. The lowest BCUT2D eigenvalue weighted by molar-refractivity contribution is -0.128. The summed E-state index contributed by atoms with van der Waals surface area (Å²) < 4.78 is 0. The van der Waals surface area contributed by atoms with E-state index >= 15 is 0 Å². The van der Waals surface area contributed by atoms with Crippen molar-refractivity contribution in [3.63, 3.8) is 0 Å². The summed E-state index contributed by atoms with van der Waals surface area (Å²) in [4.78, 5) is 13.5. The fourth-order valence-corrected chi connectivity index (χ4v) is 1.66. The van der Waals surface area contributed by atoms with Crippen molar-refractivity contribution >= 4 is 11.6 Å². The Kier molecular flexibility index (Phi) is 4.82. The summed E-state index contributed by atoms with van der Waals surface area (Å²) in [5.74, 6) is 0.270. The van der Waals surface area contributed by atoms with Crippen molar-refractivity contribution in [1.82, 2.24) is 4.90 Å². The van der Waals surface area contributed by atoms with Gasteiger partial charge >= 0.3 is 0 Å². The normalized spacial score (nSPS) is 10.1. The summed E-state index contributed by atoms with van der Waals surface area (Å²) in [6.45, 7) is 7.55. The van der Waals surface area contributed by atoms with Crippen LogP contribution in [-0.2, 0) is 4.79 Å².